The Bertz CT molecular complexity index is 447. The molecule has 0 spiro atoms. The van der Waals surface area contributed by atoms with Crippen LogP contribution in [0, 0.1) is 24.6 Å². The van der Waals surface area contributed by atoms with Crippen molar-refractivity contribution in [2.45, 2.75) is 20.3 Å². The maximum atomic E-state index is 13.1. The Kier molecular flexibility index (Phi) is 3.97. The molecule has 2 unspecified atom stereocenters. The summed E-state index contributed by atoms with van der Waals surface area (Å²) >= 11 is 0. The van der Waals surface area contributed by atoms with Gasteiger partial charge < -0.3 is 10.6 Å². The van der Waals surface area contributed by atoms with Crippen molar-refractivity contribution in [3.63, 3.8) is 0 Å². The van der Waals surface area contributed by atoms with Gasteiger partial charge in [0.2, 0.25) is 5.91 Å². The lowest BCUT2D eigenvalue weighted by Gasteiger charge is -2.27. The molecular formula is C14H19FN2O. The lowest BCUT2D eigenvalue weighted by molar-refractivity contribution is -0.120. The predicted molar refractivity (Wildman–Crippen MR) is 69.9 cm³/mol. The van der Waals surface area contributed by atoms with E-state index in [9.17, 15) is 9.18 Å². The number of aryl methyl sites for hydroxylation is 1. The highest BCUT2D eigenvalue weighted by molar-refractivity contribution is 5.93. The van der Waals surface area contributed by atoms with Crippen LogP contribution in [0.1, 0.15) is 18.9 Å². The fraction of sp³-hybridized carbons (Fsp3) is 0.500. The summed E-state index contributed by atoms with van der Waals surface area (Å²) in [4.78, 5) is 12.1. The third kappa shape index (κ3) is 3.07. The Labute approximate surface area is 107 Å². The molecular weight excluding hydrogens is 231 g/mol. The van der Waals surface area contributed by atoms with Crippen molar-refractivity contribution in [2.24, 2.45) is 11.8 Å². The van der Waals surface area contributed by atoms with Gasteiger partial charge in [-0.25, -0.2) is 4.39 Å². The van der Waals surface area contributed by atoms with Crippen molar-refractivity contribution in [1.29, 1.82) is 0 Å². The molecule has 0 aromatic heterocycles. The van der Waals surface area contributed by atoms with Gasteiger partial charge in [-0.2, -0.15) is 0 Å². The monoisotopic (exact) mass is 250 g/mol. The Balaban J connectivity index is 2.04. The first-order chi connectivity index (χ1) is 8.56. The maximum Gasteiger partial charge on any atom is 0.228 e. The number of hydrogen-bond acceptors (Lipinski definition) is 2. The van der Waals surface area contributed by atoms with Gasteiger partial charge >= 0.3 is 0 Å². The summed E-state index contributed by atoms with van der Waals surface area (Å²) in [5.74, 6) is 0.119. The largest absolute Gasteiger partial charge is 0.325 e. The van der Waals surface area contributed by atoms with E-state index in [2.05, 4.69) is 17.6 Å². The van der Waals surface area contributed by atoms with Gasteiger partial charge in [-0.3, -0.25) is 4.79 Å². The lowest BCUT2D eigenvalue weighted by atomic mass is 9.91. The zero-order chi connectivity index (χ0) is 13.1. The van der Waals surface area contributed by atoms with Gasteiger partial charge in [0.1, 0.15) is 5.82 Å². The van der Waals surface area contributed by atoms with Crippen LogP contribution in [0.15, 0.2) is 18.2 Å². The SMILES string of the molecule is Cc1ccc(F)cc1NC(=O)C1CNCC(C)C1. The lowest BCUT2D eigenvalue weighted by Crippen LogP contribution is -2.41. The van der Waals surface area contributed by atoms with Crippen molar-refractivity contribution in [1.82, 2.24) is 5.32 Å². The number of carbonyl (C=O) groups excluding carboxylic acids is 1. The van der Waals surface area contributed by atoms with Gasteiger partial charge in [0, 0.05) is 12.2 Å². The van der Waals surface area contributed by atoms with Gasteiger partial charge in [0.05, 0.1) is 5.92 Å². The van der Waals surface area contributed by atoms with E-state index in [-0.39, 0.29) is 17.6 Å². The molecule has 1 fully saturated rings. The third-order valence-electron chi connectivity index (χ3n) is 3.40. The number of hydrogen-bond donors (Lipinski definition) is 2. The molecule has 0 saturated carbocycles. The van der Waals surface area contributed by atoms with E-state index in [1.807, 2.05) is 6.92 Å². The van der Waals surface area contributed by atoms with Crippen molar-refractivity contribution in [3.05, 3.63) is 29.6 Å². The van der Waals surface area contributed by atoms with Crippen LogP contribution in [0.4, 0.5) is 10.1 Å². The minimum atomic E-state index is -0.328. The molecule has 2 atom stereocenters. The molecule has 1 aliphatic heterocycles. The molecule has 1 saturated heterocycles. The zero-order valence-corrected chi connectivity index (χ0v) is 10.8. The van der Waals surface area contributed by atoms with Crippen LogP contribution >= 0.6 is 0 Å². The van der Waals surface area contributed by atoms with Crippen LogP contribution in [-0.4, -0.2) is 19.0 Å². The Morgan fingerprint density at radius 1 is 1.44 bits per heavy atom. The molecule has 1 heterocycles. The average molecular weight is 250 g/mol. The maximum absolute atomic E-state index is 13.1. The Morgan fingerprint density at radius 2 is 2.22 bits per heavy atom. The van der Waals surface area contributed by atoms with Gasteiger partial charge in [-0.1, -0.05) is 13.0 Å². The molecule has 98 valence electrons. The minimum Gasteiger partial charge on any atom is -0.325 e. The summed E-state index contributed by atoms with van der Waals surface area (Å²) < 4.78 is 13.1. The summed E-state index contributed by atoms with van der Waals surface area (Å²) in [5, 5.41) is 6.06. The van der Waals surface area contributed by atoms with E-state index in [0.29, 0.717) is 18.2 Å². The predicted octanol–water partition coefficient (Wildman–Crippen LogP) is 2.32. The second-order valence-corrected chi connectivity index (χ2v) is 5.14. The van der Waals surface area contributed by atoms with E-state index < -0.39 is 0 Å². The van der Waals surface area contributed by atoms with Crippen molar-refractivity contribution >= 4 is 11.6 Å². The van der Waals surface area contributed by atoms with E-state index in [0.717, 1.165) is 18.5 Å². The highest BCUT2D eigenvalue weighted by Crippen LogP contribution is 2.20. The smallest absolute Gasteiger partial charge is 0.228 e. The van der Waals surface area contributed by atoms with E-state index in [4.69, 9.17) is 0 Å². The van der Waals surface area contributed by atoms with Crippen LogP contribution in [0.2, 0.25) is 0 Å². The van der Waals surface area contributed by atoms with Gasteiger partial charge in [-0.15, -0.1) is 0 Å². The quantitative estimate of drug-likeness (QED) is 0.845. The van der Waals surface area contributed by atoms with Gasteiger partial charge in [0.25, 0.3) is 0 Å². The number of amides is 1. The average Bonchev–Trinajstić information content (AvgIpc) is 2.34. The molecule has 2 rings (SSSR count). The molecule has 0 bridgehead atoms. The highest BCUT2D eigenvalue weighted by Gasteiger charge is 2.25. The second-order valence-electron chi connectivity index (χ2n) is 5.14. The van der Waals surface area contributed by atoms with E-state index in [1.165, 1.54) is 12.1 Å². The zero-order valence-electron chi connectivity index (χ0n) is 10.8. The molecule has 2 N–H and O–H groups in total. The van der Waals surface area contributed by atoms with Crippen molar-refractivity contribution < 1.29 is 9.18 Å². The summed E-state index contributed by atoms with van der Waals surface area (Å²) in [7, 11) is 0. The number of piperidine rings is 1. The fourth-order valence-electron chi connectivity index (χ4n) is 2.32. The molecule has 0 radical (unpaired) electrons. The summed E-state index contributed by atoms with van der Waals surface area (Å²) in [6.45, 7) is 5.64. The first kappa shape index (κ1) is 13.0. The van der Waals surface area contributed by atoms with Crippen LogP contribution in [-0.2, 0) is 4.79 Å². The van der Waals surface area contributed by atoms with Gasteiger partial charge in [0.15, 0.2) is 0 Å². The van der Waals surface area contributed by atoms with E-state index in [1.54, 1.807) is 6.07 Å². The Hall–Kier alpha value is -1.42. The van der Waals surface area contributed by atoms with Crippen LogP contribution in [0.3, 0.4) is 0 Å². The van der Waals surface area contributed by atoms with Crippen LogP contribution in [0.25, 0.3) is 0 Å². The number of rotatable bonds is 2. The van der Waals surface area contributed by atoms with Crippen molar-refractivity contribution in [3.8, 4) is 0 Å². The molecule has 1 amide bonds. The summed E-state index contributed by atoms with van der Waals surface area (Å²) in [5.41, 5.74) is 1.44. The van der Waals surface area contributed by atoms with Gasteiger partial charge in [-0.05, 0) is 43.5 Å². The van der Waals surface area contributed by atoms with Crippen molar-refractivity contribution in [2.75, 3.05) is 18.4 Å². The molecule has 1 aromatic carbocycles. The highest BCUT2D eigenvalue weighted by atomic mass is 19.1. The summed E-state index contributed by atoms with van der Waals surface area (Å²) in [6, 6.07) is 4.44. The molecule has 18 heavy (non-hydrogen) atoms. The first-order valence-corrected chi connectivity index (χ1v) is 6.34. The first-order valence-electron chi connectivity index (χ1n) is 6.34. The molecule has 0 aliphatic carbocycles. The van der Waals surface area contributed by atoms with Crippen LogP contribution < -0.4 is 10.6 Å². The Morgan fingerprint density at radius 3 is 2.94 bits per heavy atom. The van der Waals surface area contributed by atoms with Crippen LogP contribution in [0.5, 0.6) is 0 Å². The third-order valence-corrected chi connectivity index (χ3v) is 3.40. The standard InChI is InChI=1S/C14H19FN2O/c1-9-5-11(8-16-7-9)14(18)17-13-6-12(15)4-3-10(13)2/h3-4,6,9,11,16H,5,7-8H2,1-2H3,(H,17,18). The fourth-order valence-corrected chi connectivity index (χ4v) is 2.32. The summed E-state index contributed by atoms with van der Waals surface area (Å²) in [6.07, 6.45) is 0.882. The topological polar surface area (TPSA) is 41.1 Å². The molecule has 3 nitrogen and oxygen atoms in total. The minimum absolute atomic E-state index is 0.0252. The number of benzene rings is 1. The number of nitrogens with one attached hydrogen (secondary N) is 2. The number of anilines is 1. The number of carbonyl (C=O) groups is 1. The number of halogens is 1. The molecule has 1 aliphatic rings. The second kappa shape index (κ2) is 5.48. The van der Waals surface area contributed by atoms with E-state index >= 15 is 0 Å². The molecule has 4 heteroatoms. The molecule has 1 aromatic rings. The normalized spacial score (nSPS) is 23.7.